The molecular formula is C18H22N2O2S. The summed E-state index contributed by atoms with van der Waals surface area (Å²) in [5.74, 6) is 1.70. The fraction of sp³-hybridized carbons (Fsp3) is 0.333. The third-order valence-corrected chi connectivity index (χ3v) is 4.39. The van der Waals surface area contributed by atoms with E-state index < -0.39 is 0 Å². The predicted molar refractivity (Wildman–Crippen MR) is 94.6 cm³/mol. The molecule has 1 aromatic heterocycles. The molecule has 1 heterocycles. The Morgan fingerprint density at radius 3 is 2.83 bits per heavy atom. The van der Waals surface area contributed by atoms with Gasteiger partial charge in [-0.2, -0.15) is 11.8 Å². The summed E-state index contributed by atoms with van der Waals surface area (Å²) in [6.07, 6.45) is 0. The number of nitrogens with zero attached hydrogens (tertiary/aromatic N) is 1. The fourth-order valence-electron chi connectivity index (χ4n) is 2.12. The van der Waals surface area contributed by atoms with Gasteiger partial charge in [-0.25, -0.2) is 4.98 Å². The molecule has 23 heavy (non-hydrogen) atoms. The summed E-state index contributed by atoms with van der Waals surface area (Å²) in [7, 11) is 1.61. The lowest BCUT2D eigenvalue weighted by Gasteiger charge is -2.07. The van der Waals surface area contributed by atoms with Crippen molar-refractivity contribution in [3.63, 3.8) is 0 Å². The van der Waals surface area contributed by atoms with Crippen LogP contribution < -0.4 is 5.32 Å². The molecule has 0 atom stereocenters. The maximum atomic E-state index is 12.1. The first-order valence-electron chi connectivity index (χ1n) is 7.56. The second kappa shape index (κ2) is 9.33. The topological polar surface area (TPSA) is 51.2 Å². The lowest BCUT2D eigenvalue weighted by molar-refractivity contribution is 0.0950. The van der Waals surface area contributed by atoms with Gasteiger partial charge in [-0.05, 0) is 30.2 Å². The van der Waals surface area contributed by atoms with Crippen molar-refractivity contribution in [2.24, 2.45) is 0 Å². The van der Waals surface area contributed by atoms with Crippen LogP contribution in [0.15, 0.2) is 42.5 Å². The highest BCUT2D eigenvalue weighted by atomic mass is 32.2. The number of pyridine rings is 1. The van der Waals surface area contributed by atoms with Crippen molar-refractivity contribution in [2.45, 2.75) is 19.3 Å². The highest BCUT2D eigenvalue weighted by Gasteiger charge is 2.07. The van der Waals surface area contributed by atoms with E-state index in [4.69, 9.17) is 4.74 Å². The van der Waals surface area contributed by atoms with Crippen LogP contribution >= 0.6 is 11.8 Å². The van der Waals surface area contributed by atoms with Gasteiger partial charge in [-0.1, -0.05) is 30.3 Å². The zero-order valence-electron chi connectivity index (χ0n) is 13.5. The molecule has 0 aliphatic heterocycles. The molecule has 0 aliphatic rings. The lowest BCUT2D eigenvalue weighted by atomic mass is 10.1. The minimum atomic E-state index is -0.139. The van der Waals surface area contributed by atoms with Crippen molar-refractivity contribution in [1.82, 2.24) is 10.3 Å². The molecule has 2 aromatic rings. The van der Waals surface area contributed by atoms with Gasteiger partial charge < -0.3 is 10.1 Å². The molecule has 0 radical (unpaired) electrons. The van der Waals surface area contributed by atoms with Gasteiger partial charge in [-0.3, -0.25) is 4.79 Å². The number of aryl methyl sites for hydroxylation is 1. The van der Waals surface area contributed by atoms with Gasteiger partial charge in [0, 0.05) is 25.2 Å². The van der Waals surface area contributed by atoms with Gasteiger partial charge in [0.2, 0.25) is 0 Å². The third kappa shape index (κ3) is 5.69. The van der Waals surface area contributed by atoms with Crippen molar-refractivity contribution in [2.75, 3.05) is 19.4 Å². The zero-order chi connectivity index (χ0) is 16.5. The number of ether oxygens (including phenoxy) is 1. The summed E-state index contributed by atoms with van der Waals surface area (Å²) in [4.78, 5) is 16.3. The summed E-state index contributed by atoms with van der Waals surface area (Å²) in [5.41, 5.74) is 3.85. The van der Waals surface area contributed by atoms with Crippen LogP contribution in [-0.2, 0) is 17.1 Å². The molecular weight excluding hydrogens is 308 g/mol. The molecule has 0 spiro atoms. The van der Waals surface area contributed by atoms with E-state index in [-0.39, 0.29) is 5.91 Å². The zero-order valence-corrected chi connectivity index (χ0v) is 14.4. The minimum absolute atomic E-state index is 0.139. The summed E-state index contributed by atoms with van der Waals surface area (Å²) in [6.45, 7) is 3.16. The molecule has 1 amide bonds. The molecule has 0 fully saturated rings. The molecule has 0 saturated carbocycles. The summed E-state index contributed by atoms with van der Waals surface area (Å²) >= 11 is 1.81. The molecule has 0 unspecified atom stereocenters. The Balaban J connectivity index is 1.72. The van der Waals surface area contributed by atoms with Gasteiger partial charge in [-0.15, -0.1) is 0 Å². The van der Waals surface area contributed by atoms with Gasteiger partial charge in [0.05, 0.1) is 12.3 Å². The van der Waals surface area contributed by atoms with E-state index in [0.29, 0.717) is 18.8 Å². The number of amides is 1. The number of aromatic nitrogens is 1. The first kappa shape index (κ1) is 17.5. The van der Waals surface area contributed by atoms with Crippen LogP contribution in [0.3, 0.4) is 0 Å². The summed E-state index contributed by atoms with van der Waals surface area (Å²) in [5, 5.41) is 2.91. The normalized spacial score (nSPS) is 10.5. The Bertz CT molecular complexity index is 646. The van der Waals surface area contributed by atoms with Crippen molar-refractivity contribution in [3.05, 3.63) is 65.0 Å². The summed E-state index contributed by atoms with van der Waals surface area (Å²) < 4.78 is 5.03. The number of carbonyl (C=O) groups is 1. The van der Waals surface area contributed by atoms with E-state index in [1.54, 1.807) is 13.2 Å². The predicted octanol–water partition coefficient (Wildman–Crippen LogP) is 3.20. The fourth-order valence-corrected chi connectivity index (χ4v) is 3.05. The van der Waals surface area contributed by atoms with Crippen LogP contribution in [0.2, 0.25) is 0 Å². The monoisotopic (exact) mass is 330 g/mol. The number of carbonyl (C=O) groups excluding carboxylic acids is 1. The average Bonchev–Trinajstić information content (AvgIpc) is 2.56. The SMILES string of the molecule is COCc1cccc(C(=O)NCCSCc2ccccc2C)n1. The molecule has 0 aliphatic carbocycles. The first-order valence-corrected chi connectivity index (χ1v) is 8.71. The smallest absolute Gasteiger partial charge is 0.269 e. The standard InChI is InChI=1S/C18H22N2O2S/c1-14-6-3-4-7-15(14)13-23-11-10-19-18(21)17-9-5-8-16(20-17)12-22-2/h3-9H,10-13H2,1-2H3,(H,19,21). The lowest BCUT2D eigenvalue weighted by Crippen LogP contribution is -2.26. The van der Waals surface area contributed by atoms with Crippen molar-refractivity contribution < 1.29 is 9.53 Å². The number of rotatable bonds is 8. The molecule has 0 saturated heterocycles. The second-order valence-electron chi connectivity index (χ2n) is 5.18. The van der Waals surface area contributed by atoms with E-state index in [1.165, 1.54) is 11.1 Å². The molecule has 1 N–H and O–H groups in total. The third-order valence-electron chi connectivity index (χ3n) is 3.38. The van der Waals surface area contributed by atoms with E-state index in [1.807, 2.05) is 23.9 Å². The van der Waals surface area contributed by atoms with E-state index in [9.17, 15) is 4.79 Å². The molecule has 5 heteroatoms. The van der Waals surface area contributed by atoms with Crippen LogP contribution in [0.4, 0.5) is 0 Å². The van der Waals surface area contributed by atoms with Gasteiger partial charge in [0.25, 0.3) is 5.91 Å². The number of thioether (sulfide) groups is 1. The average molecular weight is 330 g/mol. The van der Waals surface area contributed by atoms with E-state index in [0.717, 1.165) is 17.2 Å². The number of hydrogen-bond donors (Lipinski definition) is 1. The Morgan fingerprint density at radius 1 is 1.22 bits per heavy atom. The molecule has 2 rings (SSSR count). The van der Waals surface area contributed by atoms with Gasteiger partial charge >= 0.3 is 0 Å². The highest BCUT2D eigenvalue weighted by Crippen LogP contribution is 2.15. The van der Waals surface area contributed by atoms with Gasteiger partial charge in [0.15, 0.2) is 0 Å². The Kier molecular flexibility index (Phi) is 7.10. The van der Waals surface area contributed by atoms with E-state index in [2.05, 4.69) is 41.5 Å². The second-order valence-corrected chi connectivity index (χ2v) is 6.29. The number of hydrogen-bond acceptors (Lipinski definition) is 4. The van der Waals surface area contributed by atoms with Crippen LogP contribution in [0.25, 0.3) is 0 Å². The van der Waals surface area contributed by atoms with Crippen LogP contribution in [0.5, 0.6) is 0 Å². The summed E-state index contributed by atoms with van der Waals surface area (Å²) in [6, 6.07) is 13.8. The quantitative estimate of drug-likeness (QED) is 0.755. The maximum Gasteiger partial charge on any atom is 0.269 e. The Hall–Kier alpha value is -1.85. The highest BCUT2D eigenvalue weighted by molar-refractivity contribution is 7.98. The van der Waals surface area contributed by atoms with Crippen molar-refractivity contribution in [1.29, 1.82) is 0 Å². The van der Waals surface area contributed by atoms with Gasteiger partial charge in [0.1, 0.15) is 5.69 Å². The molecule has 122 valence electrons. The van der Waals surface area contributed by atoms with Crippen molar-refractivity contribution in [3.8, 4) is 0 Å². The Morgan fingerprint density at radius 2 is 2.04 bits per heavy atom. The maximum absolute atomic E-state index is 12.1. The first-order chi connectivity index (χ1) is 11.2. The molecule has 4 nitrogen and oxygen atoms in total. The van der Waals surface area contributed by atoms with Crippen LogP contribution in [0, 0.1) is 6.92 Å². The molecule has 0 bridgehead atoms. The Labute approximate surface area is 141 Å². The number of methoxy groups -OCH3 is 1. The van der Waals surface area contributed by atoms with E-state index >= 15 is 0 Å². The van der Waals surface area contributed by atoms with Crippen molar-refractivity contribution >= 4 is 17.7 Å². The van der Waals surface area contributed by atoms with Crippen LogP contribution in [-0.4, -0.2) is 30.3 Å². The largest absolute Gasteiger partial charge is 0.378 e. The minimum Gasteiger partial charge on any atom is -0.378 e. The number of nitrogens with one attached hydrogen (secondary N) is 1. The van der Waals surface area contributed by atoms with Crippen LogP contribution in [0.1, 0.15) is 27.3 Å². The number of benzene rings is 1. The molecule has 1 aromatic carbocycles.